The summed E-state index contributed by atoms with van der Waals surface area (Å²) in [5.74, 6) is 1.45. The van der Waals surface area contributed by atoms with Gasteiger partial charge in [0.25, 0.3) is 0 Å². The molecule has 0 aliphatic carbocycles. The minimum atomic E-state index is -0.829. The molecule has 2 nitrogen and oxygen atoms in total. The Bertz CT molecular complexity index is 487. The van der Waals surface area contributed by atoms with Crippen molar-refractivity contribution in [1.29, 1.82) is 0 Å². The highest BCUT2D eigenvalue weighted by molar-refractivity contribution is 8.42. The zero-order valence-corrected chi connectivity index (χ0v) is 16.6. The van der Waals surface area contributed by atoms with Crippen LogP contribution in [-0.4, -0.2) is 22.6 Å². The minimum absolute atomic E-state index is 0.432. The Labute approximate surface area is 151 Å². The quantitative estimate of drug-likeness (QED) is 0.529. The molecule has 0 aromatic carbocycles. The molecule has 0 bridgehead atoms. The summed E-state index contributed by atoms with van der Waals surface area (Å²) in [7, 11) is 0. The topological polar surface area (TPSA) is 37.3 Å². The van der Waals surface area contributed by atoms with E-state index in [9.17, 15) is 4.79 Å². The van der Waals surface area contributed by atoms with Gasteiger partial charge in [0, 0.05) is 0 Å². The third-order valence-corrected chi connectivity index (χ3v) is 11.1. The minimum Gasteiger partial charge on any atom is -0.477 e. The summed E-state index contributed by atoms with van der Waals surface area (Å²) in [6.07, 6.45) is 2.34. The van der Waals surface area contributed by atoms with E-state index < -0.39 is 5.97 Å². The monoisotopic (exact) mass is 396 g/mol. The summed E-state index contributed by atoms with van der Waals surface area (Å²) >= 11 is 10.4. The van der Waals surface area contributed by atoms with E-state index in [0.29, 0.717) is 4.91 Å². The van der Waals surface area contributed by atoms with Crippen LogP contribution in [0.3, 0.4) is 0 Å². The predicted molar refractivity (Wildman–Crippen MR) is 106 cm³/mol. The van der Waals surface area contributed by atoms with Gasteiger partial charge in [0.05, 0.1) is 16.9 Å². The SMILES string of the molecule is CCCSC1=C(SCCC)SC(=C2SC=C(C(=O)O)S2)S1. The third-order valence-electron chi connectivity index (χ3n) is 2.27. The van der Waals surface area contributed by atoms with E-state index in [1.54, 1.807) is 17.2 Å². The molecule has 21 heavy (non-hydrogen) atoms. The summed E-state index contributed by atoms with van der Waals surface area (Å²) in [4.78, 5) is 11.4. The van der Waals surface area contributed by atoms with Gasteiger partial charge in [0.15, 0.2) is 0 Å². The van der Waals surface area contributed by atoms with Crippen LogP contribution in [0, 0.1) is 0 Å². The van der Waals surface area contributed by atoms with Crippen molar-refractivity contribution in [2.45, 2.75) is 26.7 Å². The average Bonchev–Trinajstić information content (AvgIpc) is 3.09. The van der Waals surface area contributed by atoms with Crippen LogP contribution in [0.4, 0.5) is 0 Å². The van der Waals surface area contributed by atoms with Gasteiger partial charge in [-0.2, -0.15) is 0 Å². The number of hydrogen-bond donors (Lipinski definition) is 1. The van der Waals surface area contributed by atoms with Crippen molar-refractivity contribution in [3.8, 4) is 0 Å². The molecule has 0 saturated carbocycles. The molecule has 0 radical (unpaired) electrons. The largest absolute Gasteiger partial charge is 0.477 e. The van der Waals surface area contributed by atoms with Gasteiger partial charge in [-0.25, -0.2) is 4.79 Å². The maximum absolute atomic E-state index is 11.0. The molecule has 0 spiro atoms. The fraction of sp³-hybridized carbons (Fsp3) is 0.462. The Hall–Kier alpha value is 0.790. The molecule has 0 aromatic rings. The average molecular weight is 397 g/mol. The standard InChI is InChI=1S/C13H16O2S6/c1-3-5-16-10-11(17-6-4-2)21-13(20-10)12-18-7-8(19-12)9(14)15/h7H,3-6H2,1-2H3,(H,14,15). The van der Waals surface area contributed by atoms with Crippen LogP contribution < -0.4 is 0 Å². The molecule has 0 amide bonds. The highest BCUT2D eigenvalue weighted by Crippen LogP contribution is 2.62. The van der Waals surface area contributed by atoms with Crippen molar-refractivity contribution in [3.05, 3.63) is 27.3 Å². The second-order valence-electron chi connectivity index (χ2n) is 4.06. The molecule has 2 heterocycles. The van der Waals surface area contributed by atoms with E-state index in [-0.39, 0.29) is 0 Å². The Balaban J connectivity index is 2.05. The van der Waals surface area contributed by atoms with Crippen molar-refractivity contribution >= 4 is 76.5 Å². The first-order chi connectivity index (χ1) is 10.2. The van der Waals surface area contributed by atoms with Crippen LogP contribution >= 0.6 is 70.6 Å². The van der Waals surface area contributed by atoms with Crippen LogP contribution in [0.15, 0.2) is 27.3 Å². The van der Waals surface area contributed by atoms with Gasteiger partial charge in [0.2, 0.25) is 0 Å². The summed E-state index contributed by atoms with van der Waals surface area (Å²) < 4.78 is 5.15. The van der Waals surface area contributed by atoms with E-state index in [4.69, 9.17) is 5.11 Å². The smallest absolute Gasteiger partial charge is 0.343 e. The second-order valence-corrected chi connectivity index (χ2v) is 11.3. The maximum atomic E-state index is 11.0. The number of thioether (sulfide) groups is 6. The Kier molecular flexibility index (Phi) is 7.92. The predicted octanol–water partition coefficient (Wildman–Crippen LogP) is 6.41. The van der Waals surface area contributed by atoms with E-state index in [1.807, 2.05) is 47.0 Å². The third kappa shape index (κ3) is 5.14. The lowest BCUT2D eigenvalue weighted by Crippen LogP contribution is -1.92. The van der Waals surface area contributed by atoms with Crippen LogP contribution in [0.25, 0.3) is 0 Å². The van der Waals surface area contributed by atoms with Gasteiger partial charge in [-0.05, 0) is 29.8 Å². The summed E-state index contributed by atoms with van der Waals surface area (Å²) in [6, 6.07) is 0. The molecule has 0 saturated heterocycles. The second kappa shape index (κ2) is 9.17. The Morgan fingerprint density at radius 3 is 2.05 bits per heavy atom. The number of aliphatic carboxylic acids is 1. The molecule has 116 valence electrons. The number of hydrogen-bond acceptors (Lipinski definition) is 7. The molecule has 2 aliphatic rings. The summed E-state index contributed by atoms with van der Waals surface area (Å²) in [5, 5.41) is 10.8. The van der Waals surface area contributed by atoms with Crippen LogP contribution in [0.2, 0.25) is 0 Å². The van der Waals surface area contributed by atoms with Crippen molar-refractivity contribution in [3.63, 3.8) is 0 Å². The normalized spacial score (nSPS) is 18.7. The first kappa shape index (κ1) is 18.1. The Morgan fingerprint density at radius 1 is 1.05 bits per heavy atom. The number of rotatable bonds is 7. The van der Waals surface area contributed by atoms with E-state index in [1.165, 1.54) is 37.3 Å². The van der Waals surface area contributed by atoms with Crippen molar-refractivity contribution < 1.29 is 9.90 Å². The fourth-order valence-corrected chi connectivity index (χ4v) is 9.47. The van der Waals surface area contributed by atoms with Gasteiger partial charge in [-0.3, -0.25) is 0 Å². The van der Waals surface area contributed by atoms with Crippen molar-refractivity contribution in [2.24, 2.45) is 0 Å². The van der Waals surface area contributed by atoms with Crippen molar-refractivity contribution in [2.75, 3.05) is 11.5 Å². The molecule has 0 fully saturated rings. The van der Waals surface area contributed by atoms with Crippen molar-refractivity contribution in [1.82, 2.24) is 0 Å². The number of carboxylic acids is 1. The number of carboxylic acid groups (broad SMARTS) is 1. The first-order valence-corrected chi connectivity index (χ1v) is 11.8. The fourth-order valence-electron chi connectivity index (χ4n) is 1.36. The summed E-state index contributed by atoms with van der Waals surface area (Å²) in [6.45, 7) is 4.40. The van der Waals surface area contributed by atoms with E-state index >= 15 is 0 Å². The molecule has 1 N–H and O–H groups in total. The first-order valence-electron chi connectivity index (χ1n) is 6.53. The lowest BCUT2D eigenvalue weighted by Gasteiger charge is -2.02. The molecule has 0 aromatic heterocycles. The van der Waals surface area contributed by atoms with Gasteiger partial charge in [0.1, 0.15) is 4.91 Å². The van der Waals surface area contributed by atoms with Crippen LogP contribution in [-0.2, 0) is 4.79 Å². The zero-order chi connectivity index (χ0) is 15.2. The van der Waals surface area contributed by atoms with E-state index in [0.717, 1.165) is 15.7 Å². The Morgan fingerprint density at radius 2 is 1.62 bits per heavy atom. The lowest BCUT2D eigenvalue weighted by molar-refractivity contribution is -0.131. The molecule has 0 atom stereocenters. The van der Waals surface area contributed by atoms with Crippen LogP contribution in [0.1, 0.15) is 26.7 Å². The van der Waals surface area contributed by atoms with E-state index in [2.05, 4.69) is 13.8 Å². The molecule has 0 unspecified atom stereocenters. The van der Waals surface area contributed by atoms with Gasteiger partial charge in [-0.1, -0.05) is 60.9 Å². The molecule has 8 heteroatoms. The zero-order valence-electron chi connectivity index (χ0n) is 11.7. The summed E-state index contributed by atoms with van der Waals surface area (Å²) in [5.41, 5.74) is 0. The highest BCUT2D eigenvalue weighted by Gasteiger charge is 2.28. The van der Waals surface area contributed by atoms with Gasteiger partial charge < -0.3 is 5.11 Å². The lowest BCUT2D eigenvalue weighted by atomic mass is 10.6. The number of carbonyl (C=O) groups is 1. The van der Waals surface area contributed by atoms with Gasteiger partial charge in [-0.15, -0.1) is 23.5 Å². The highest BCUT2D eigenvalue weighted by atomic mass is 32.3. The molecule has 2 rings (SSSR count). The molecular weight excluding hydrogens is 381 g/mol. The molecular formula is C13H16O2S6. The van der Waals surface area contributed by atoms with Gasteiger partial charge >= 0.3 is 5.97 Å². The maximum Gasteiger partial charge on any atom is 0.343 e. The molecule has 2 aliphatic heterocycles. The van der Waals surface area contributed by atoms with Crippen LogP contribution in [0.5, 0.6) is 0 Å².